The van der Waals surface area contributed by atoms with E-state index >= 15 is 0 Å². The van der Waals surface area contributed by atoms with Crippen LogP contribution < -0.4 is 5.32 Å². The van der Waals surface area contributed by atoms with Crippen LogP contribution in [0.15, 0.2) is 36.5 Å². The van der Waals surface area contributed by atoms with Gasteiger partial charge >= 0.3 is 0 Å². The molecule has 1 amide bonds. The molecule has 0 aliphatic rings. The molecule has 1 aromatic carbocycles. The topological polar surface area (TPSA) is 59.1 Å². The second kappa shape index (κ2) is 4.74. The number of pyridine rings is 1. The fourth-order valence-corrected chi connectivity index (χ4v) is 1.59. The van der Waals surface area contributed by atoms with Gasteiger partial charge in [0.15, 0.2) is 0 Å². The Bertz CT molecular complexity index is 573. The molecule has 86 valence electrons. The molecule has 0 unspecified atom stereocenters. The lowest BCUT2D eigenvalue weighted by Crippen LogP contribution is -2.28. The molecule has 0 saturated heterocycles. The van der Waals surface area contributed by atoms with E-state index in [0.29, 0.717) is 5.56 Å². The fraction of sp³-hybridized carbons (Fsp3) is 0.154. The first-order valence-corrected chi connectivity index (χ1v) is 5.30. The van der Waals surface area contributed by atoms with Crippen LogP contribution in [0.1, 0.15) is 17.3 Å². The van der Waals surface area contributed by atoms with Crippen molar-refractivity contribution < 1.29 is 9.59 Å². The van der Waals surface area contributed by atoms with Gasteiger partial charge in [0.25, 0.3) is 5.91 Å². The first-order chi connectivity index (χ1) is 8.18. The van der Waals surface area contributed by atoms with Gasteiger partial charge < -0.3 is 5.32 Å². The molecule has 1 heterocycles. The second-order valence-corrected chi connectivity index (χ2v) is 3.76. The lowest BCUT2D eigenvalue weighted by atomic mass is 10.1. The fourth-order valence-electron chi connectivity index (χ4n) is 1.59. The minimum atomic E-state index is -0.251. The Balaban J connectivity index is 2.35. The summed E-state index contributed by atoms with van der Waals surface area (Å²) < 4.78 is 0. The SMILES string of the molecule is CC(=O)CNC(=O)c1ccnc2ccccc12. The Morgan fingerprint density at radius 2 is 2.00 bits per heavy atom. The van der Waals surface area contributed by atoms with Crippen molar-refractivity contribution in [1.29, 1.82) is 0 Å². The van der Waals surface area contributed by atoms with Crippen molar-refractivity contribution in [2.24, 2.45) is 0 Å². The summed E-state index contributed by atoms with van der Waals surface area (Å²) in [5, 5.41) is 3.36. The van der Waals surface area contributed by atoms with E-state index in [-0.39, 0.29) is 18.2 Å². The van der Waals surface area contributed by atoms with E-state index in [4.69, 9.17) is 0 Å². The number of amides is 1. The van der Waals surface area contributed by atoms with Gasteiger partial charge in [-0.15, -0.1) is 0 Å². The van der Waals surface area contributed by atoms with Gasteiger partial charge in [0.1, 0.15) is 5.78 Å². The maximum absolute atomic E-state index is 11.9. The van der Waals surface area contributed by atoms with Gasteiger partial charge in [0.2, 0.25) is 0 Å². The van der Waals surface area contributed by atoms with Crippen LogP contribution in [0.2, 0.25) is 0 Å². The lowest BCUT2D eigenvalue weighted by molar-refractivity contribution is -0.116. The summed E-state index contributed by atoms with van der Waals surface area (Å²) in [4.78, 5) is 26.9. The predicted molar refractivity (Wildman–Crippen MR) is 64.8 cm³/mol. The van der Waals surface area contributed by atoms with Crippen molar-refractivity contribution in [3.8, 4) is 0 Å². The van der Waals surface area contributed by atoms with Crippen molar-refractivity contribution in [3.05, 3.63) is 42.1 Å². The zero-order valence-corrected chi connectivity index (χ0v) is 9.43. The molecular formula is C13H12N2O2. The molecule has 4 nitrogen and oxygen atoms in total. The zero-order chi connectivity index (χ0) is 12.3. The number of hydrogen-bond donors (Lipinski definition) is 1. The first-order valence-electron chi connectivity index (χ1n) is 5.30. The number of benzene rings is 1. The number of rotatable bonds is 3. The molecule has 2 rings (SSSR count). The summed E-state index contributed by atoms with van der Waals surface area (Å²) in [6.45, 7) is 1.49. The van der Waals surface area contributed by atoms with E-state index in [2.05, 4.69) is 10.3 Å². The summed E-state index contributed by atoms with van der Waals surface area (Å²) in [6, 6.07) is 9.05. The average molecular weight is 228 g/mol. The largest absolute Gasteiger partial charge is 0.345 e. The first kappa shape index (κ1) is 11.3. The van der Waals surface area contributed by atoms with Crippen LogP contribution in [0.3, 0.4) is 0 Å². The molecule has 4 heteroatoms. The number of nitrogens with zero attached hydrogens (tertiary/aromatic N) is 1. The highest BCUT2D eigenvalue weighted by Gasteiger charge is 2.09. The molecule has 0 spiro atoms. The molecule has 1 N–H and O–H groups in total. The Kier molecular flexibility index (Phi) is 3.14. The van der Waals surface area contributed by atoms with Gasteiger partial charge in [-0.25, -0.2) is 0 Å². The molecule has 0 radical (unpaired) electrons. The van der Waals surface area contributed by atoms with E-state index in [1.807, 2.05) is 24.3 Å². The van der Waals surface area contributed by atoms with Crippen LogP contribution in [0.5, 0.6) is 0 Å². The van der Waals surface area contributed by atoms with Crippen molar-refractivity contribution >= 4 is 22.6 Å². The third kappa shape index (κ3) is 2.47. The average Bonchev–Trinajstić information content (AvgIpc) is 2.35. The van der Waals surface area contributed by atoms with Crippen molar-refractivity contribution in [1.82, 2.24) is 10.3 Å². The highest BCUT2D eigenvalue weighted by atomic mass is 16.2. The van der Waals surface area contributed by atoms with Crippen molar-refractivity contribution in [3.63, 3.8) is 0 Å². The van der Waals surface area contributed by atoms with E-state index in [1.54, 1.807) is 12.3 Å². The number of para-hydroxylation sites is 1. The van der Waals surface area contributed by atoms with Crippen LogP contribution in [-0.2, 0) is 4.79 Å². The number of carbonyl (C=O) groups is 2. The van der Waals surface area contributed by atoms with Crippen LogP contribution in [0, 0.1) is 0 Å². The van der Waals surface area contributed by atoms with Crippen molar-refractivity contribution in [2.75, 3.05) is 6.54 Å². The predicted octanol–water partition coefficient (Wildman–Crippen LogP) is 1.55. The monoisotopic (exact) mass is 228 g/mol. The van der Waals surface area contributed by atoms with Crippen LogP contribution in [0.4, 0.5) is 0 Å². The number of carbonyl (C=O) groups excluding carboxylic acids is 2. The van der Waals surface area contributed by atoms with Gasteiger partial charge in [0.05, 0.1) is 17.6 Å². The zero-order valence-electron chi connectivity index (χ0n) is 9.43. The Labute approximate surface area is 98.7 Å². The highest BCUT2D eigenvalue weighted by Crippen LogP contribution is 2.15. The van der Waals surface area contributed by atoms with Gasteiger partial charge in [0, 0.05) is 11.6 Å². The third-order valence-electron chi connectivity index (χ3n) is 2.39. The smallest absolute Gasteiger partial charge is 0.252 e. The summed E-state index contributed by atoms with van der Waals surface area (Å²) >= 11 is 0. The Hall–Kier alpha value is -2.23. The van der Waals surface area contributed by atoms with Crippen LogP contribution >= 0.6 is 0 Å². The van der Waals surface area contributed by atoms with Crippen LogP contribution in [0.25, 0.3) is 10.9 Å². The summed E-state index contributed by atoms with van der Waals surface area (Å²) in [5.74, 6) is -0.324. The summed E-state index contributed by atoms with van der Waals surface area (Å²) in [7, 11) is 0. The van der Waals surface area contributed by atoms with Gasteiger partial charge in [-0.2, -0.15) is 0 Å². The maximum atomic E-state index is 11.9. The summed E-state index contributed by atoms with van der Waals surface area (Å²) in [5.41, 5.74) is 1.31. The molecule has 0 aliphatic carbocycles. The molecular weight excluding hydrogens is 216 g/mol. The van der Waals surface area contributed by atoms with Crippen LogP contribution in [-0.4, -0.2) is 23.2 Å². The Morgan fingerprint density at radius 3 is 2.76 bits per heavy atom. The highest BCUT2D eigenvalue weighted by molar-refractivity contribution is 6.06. The number of aromatic nitrogens is 1. The molecule has 0 fully saturated rings. The molecule has 0 atom stereocenters. The number of fused-ring (bicyclic) bond motifs is 1. The second-order valence-electron chi connectivity index (χ2n) is 3.76. The standard InChI is InChI=1S/C13H12N2O2/c1-9(16)8-15-13(17)11-6-7-14-12-5-3-2-4-10(11)12/h2-7H,8H2,1H3,(H,15,17). The van der Waals surface area contributed by atoms with Gasteiger partial charge in [-0.1, -0.05) is 18.2 Å². The van der Waals surface area contributed by atoms with Gasteiger partial charge in [-0.05, 0) is 19.1 Å². The number of nitrogens with one attached hydrogen (secondary N) is 1. The minimum Gasteiger partial charge on any atom is -0.345 e. The third-order valence-corrected chi connectivity index (χ3v) is 2.39. The number of Topliss-reactive ketones (excluding diaryl/α,β-unsaturated/α-hetero) is 1. The lowest BCUT2D eigenvalue weighted by Gasteiger charge is -2.05. The molecule has 0 saturated carbocycles. The molecule has 2 aromatic rings. The number of ketones is 1. The molecule has 0 bridgehead atoms. The van der Waals surface area contributed by atoms with E-state index in [0.717, 1.165) is 10.9 Å². The molecule has 0 aliphatic heterocycles. The number of hydrogen-bond acceptors (Lipinski definition) is 3. The summed E-state index contributed by atoms with van der Waals surface area (Å²) in [6.07, 6.45) is 1.59. The molecule has 1 aromatic heterocycles. The maximum Gasteiger partial charge on any atom is 0.252 e. The minimum absolute atomic E-state index is 0.0511. The van der Waals surface area contributed by atoms with E-state index < -0.39 is 0 Å². The van der Waals surface area contributed by atoms with Crippen molar-refractivity contribution in [2.45, 2.75) is 6.92 Å². The quantitative estimate of drug-likeness (QED) is 0.867. The Morgan fingerprint density at radius 1 is 1.24 bits per heavy atom. The molecule has 17 heavy (non-hydrogen) atoms. The van der Waals surface area contributed by atoms with E-state index in [9.17, 15) is 9.59 Å². The van der Waals surface area contributed by atoms with E-state index in [1.165, 1.54) is 6.92 Å². The van der Waals surface area contributed by atoms with Gasteiger partial charge in [-0.3, -0.25) is 14.6 Å². The normalized spacial score (nSPS) is 10.2.